The first-order valence-corrected chi connectivity index (χ1v) is 6.28. The maximum absolute atomic E-state index is 10.4. The molecule has 0 saturated heterocycles. The number of thiophene rings is 1. The zero-order chi connectivity index (χ0) is 11.6. The highest BCUT2D eigenvalue weighted by molar-refractivity contribution is 7.10. The molecule has 2 rings (SSSR count). The molecule has 1 unspecified atom stereocenters. The van der Waals surface area contributed by atoms with Gasteiger partial charge in [0, 0.05) is 11.3 Å². The van der Waals surface area contributed by atoms with Gasteiger partial charge < -0.3 is 5.11 Å². The van der Waals surface area contributed by atoms with Gasteiger partial charge in [-0.15, -0.1) is 11.3 Å². The summed E-state index contributed by atoms with van der Waals surface area (Å²) in [6.07, 6.45) is 0.662. The molecule has 0 amide bonds. The SMILES string of the molecule is Cc1cccc(CC(C)(O)c2cccs2)c1. The minimum atomic E-state index is -0.762. The molecule has 16 heavy (non-hydrogen) atoms. The lowest BCUT2D eigenvalue weighted by atomic mass is 9.94. The summed E-state index contributed by atoms with van der Waals surface area (Å²) in [5.41, 5.74) is 1.65. The lowest BCUT2D eigenvalue weighted by molar-refractivity contribution is 0.0615. The minimum absolute atomic E-state index is 0.662. The molecule has 2 heteroatoms. The Bertz CT molecular complexity index is 457. The minimum Gasteiger partial charge on any atom is -0.384 e. The van der Waals surface area contributed by atoms with Gasteiger partial charge in [-0.1, -0.05) is 35.9 Å². The van der Waals surface area contributed by atoms with Crippen molar-refractivity contribution in [1.82, 2.24) is 0 Å². The normalized spacial score (nSPS) is 14.7. The zero-order valence-corrected chi connectivity index (χ0v) is 10.4. The first-order valence-electron chi connectivity index (χ1n) is 5.40. The van der Waals surface area contributed by atoms with E-state index in [0.717, 1.165) is 4.88 Å². The van der Waals surface area contributed by atoms with Crippen LogP contribution >= 0.6 is 11.3 Å². The van der Waals surface area contributed by atoms with Crippen molar-refractivity contribution in [3.05, 3.63) is 57.8 Å². The first-order chi connectivity index (χ1) is 7.58. The Labute approximate surface area is 100 Å². The summed E-state index contributed by atoms with van der Waals surface area (Å²) in [7, 11) is 0. The number of benzene rings is 1. The average Bonchev–Trinajstić information content (AvgIpc) is 2.69. The highest BCUT2D eigenvalue weighted by Crippen LogP contribution is 2.28. The molecular formula is C14H16OS. The molecule has 0 saturated carbocycles. The summed E-state index contributed by atoms with van der Waals surface area (Å²) in [5, 5.41) is 12.4. The Morgan fingerprint density at radius 2 is 2.06 bits per heavy atom. The standard InChI is InChI=1S/C14H16OS/c1-11-5-3-6-12(9-11)10-14(2,15)13-7-4-8-16-13/h3-9,15H,10H2,1-2H3. The molecule has 0 aliphatic rings. The molecule has 1 atom stereocenters. The van der Waals surface area contributed by atoms with Crippen LogP contribution in [0.5, 0.6) is 0 Å². The van der Waals surface area contributed by atoms with E-state index in [1.165, 1.54) is 11.1 Å². The van der Waals surface area contributed by atoms with E-state index in [0.29, 0.717) is 6.42 Å². The molecule has 0 bridgehead atoms. The highest BCUT2D eigenvalue weighted by atomic mass is 32.1. The van der Waals surface area contributed by atoms with Gasteiger partial charge >= 0.3 is 0 Å². The van der Waals surface area contributed by atoms with Crippen LogP contribution in [-0.2, 0) is 12.0 Å². The van der Waals surface area contributed by atoms with Gasteiger partial charge in [0.25, 0.3) is 0 Å². The van der Waals surface area contributed by atoms with Gasteiger partial charge in [-0.2, -0.15) is 0 Å². The summed E-state index contributed by atoms with van der Waals surface area (Å²) in [6, 6.07) is 12.3. The lowest BCUT2D eigenvalue weighted by Gasteiger charge is -2.22. The van der Waals surface area contributed by atoms with Crippen molar-refractivity contribution in [3.8, 4) is 0 Å². The molecule has 0 aliphatic carbocycles. The van der Waals surface area contributed by atoms with Crippen molar-refractivity contribution in [2.45, 2.75) is 25.9 Å². The summed E-state index contributed by atoms with van der Waals surface area (Å²) < 4.78 is 0. The van der Waals surface area contributed by atoms with E-state index in [-0.39, 0.29) is 0 Å². The molecule has 1 aromatic carbocycles. The van der Waals surface area contributed by atoms with Gasteiger partial charge in [0.1, 0.15) is 0 Å². The third-order valence-electron chi connectivity index (χ3n) is 2.68. The molecular weight excluding hydrogens is 216 g/mol. The van der Waals surface area contributed by atoms with E-state index < -0.39 is 5.60 Å². The topological polar surface area (TPSA) is 20.2 Å². The fourth-order valence-electron chi connectivity index (χ4n) is 1.89. The third-order valence-corrected chi connectivity index (χ3v) is 3.81. The Morgan fingerprint density at radius 1 is 1.25 bits per heavy atom. The van der Waals surface area contributed by atoms with E-state index in [1.54, 1.807) is 11.3 Å². The maximum Gasteiger partial charge on any atom is 0.0999 e. The maximum atomic E-state index is 10.4. The molecule has 0 radical (unpaired) electrons. The van der Waals surface area contributed by atoms with Gasteiger partial charge in [0.15, 0.2) is 0 Å². The Kier molecular flexibility index (Phi) is 3.13. The van der Waals surface area contributed by atoms with Crippen LogP contribution in [0.4, 0.5) is 0 Å². The van der Waals surface area contributed by atoms with Crippen molar-refractivity contribution in [3.63, 3.8) is 0 Å². The molecule has 84 valence electrons. The summed E-state index contributed by atoms with van der Waals surface area (Å²) in [5.74, 6) is 0. The predicted octanol–water partition coefficient (Wildman–Crippen LogP) is 3.51. The van der Waals surface area contributed by atoms with Crippen molar-refractivity contribution in [2.24, 2.45) is 0 Å². The van der Waals surface area contributed by atoms with Gasteiger partial charge in [-0.05, 0) is 30.9 Å². The Hall–Kier alpha value is -1.12. The highest BCUT2D eigenvalue weighted by Gasteiger charge is 2.24. The second-order valence-corrected chi connectivity index (χ2v) is 5.36. The number of aryl methyl sites for hydroxylation is 1. The van der Waals surface area contributed by atoms with Crippen LogP contribution in [0.1, 0.15) is 22.9 Å². The largest absolute Gasteiger partial charge is 0.384 e. The van der Waals surface area contributed by atoms with Gasteiger partial charge in [-0.3, -0.25) is 0 Å². The fourth-order valence-corrected chi connectivity index (χ4v) is 2.68. The molecule has 2 aromatic rings. The van der Waals surface area contributed by atoms with E-state index in [1.807, 2.05) is 30.5 Å². The summed E-state index contributed by atoms with van der Waals surface area (Å²) in [4.78, 5) is 1.02. The van der Waals surface area contributed by atoms with E-state index in [2.05, 4.69) is 25.1 Å². The number of hydrogen-bond donors (Lipinski definition) is 1. The van der Waals surface area contributed by atoms with E-state index in [9.17, 15) is 5.11 Å². The van der Waals surface area contributed by atoms with Crippen LogP contribution in [-0.4, -0.2) is 5.11 Å². The molecule has 0 aliphatic heterocycles. The molecule has 1 N–H and O–H groups in total. The number of aliphatic hydroxyl groups is 1. The molecule has 1 nitrogen and oxygen atoms in total. The van der Waals surface area contributed by atoms with Crippen molar-refractivity contribution in [1.29, 1.82) is 0 Å². The first kappa shape index (κ1) is 11.4. The van der Waals surface area contributed by atoms with Crippen molar-refractivity contribution >= 4 is 11.3 Å². The van der Waals surface area contributed by atoms with Crippen molar-refractivity contribution in [2.75, 3.05) is 0 Å². The zero-order valence-electron chi connectivity index (χ0n) is 9.60. The Balaban J connectivity index is 2.21. The molecule has 0 spiro atoms. The Morgan fingerprint density at radius 3 is 2.69 bits per heavy atom. The van der Waals surface area contributed by atoms with Crippen LogP contribution < -0.4 is 0 Å². The van der Waals surface area contributed by atoms with E-state index in [4.69, 9.17) is 0 Å². The van der Waals surface area contributed by atoms with Crippen LogP contribution in [0.3, 0.4) is 0 Å². The molecule has 1 heterocycles. The predicted molar refractivity (Wildman–Crippen MR) is 68.8 cm³/mol. The molecule has 1 aromatic heterocycles. The van der Waals surface area contributed by atoms with Gasteiger partial charge in [-0.25, -0.2) is 0 Å². The quantitative estimate of drug-likeness (QED) is 0.858. The van der Waals surface area contributed by atoms with Crippen LogP contribution in [0.15, 0.2) is 41.8 Å². The van der Waals surface area contributed by atoms with E-state index >= 15 is 0 Å². The second-order valence-electron chi connectivity index (χ2n) is 4.42. The van der Waals surface area contributed by atoms with Gasteiger partial charge in [0.05, 0.1) is 5.60 Å². The average molecular weight is 232 g/mol. The van der Waals surface area contributed by atoms with Crippen LogP contribution in [0.2, 0.25) is 0 Å². The number of rotatable bonds is 3. The monoisotopic (exact) mass is 232 g/mol. The summed E-state index contributed by atoms with van der Waals surface area (Å²) >= 11 is 1.60. The third kappa shape index (κ3) is 2.52. The smallest absolute Gasteiger partial charge is 0.0999 e. The summed E-state index contributed by atoms with van der Waals surface area (Å²) in [6.45, 7) is 3.95. The van der Waals surface area contributed by atoms with Crippen LogP contribution in [0, 0.1) is 6.92 Å². The van der Waals surface area contributed by atoms with Crippen molar-refractivity contribution < 1.29 is 5.11 Å². The second kappa shape index (κ2) is 4.40. The lowest BCUT2D eigenvalue weighted by Crippen LogP contribution is -2.22. The molecule has 0 fully saturated rings. The fraction of sp³-hybridized carbons (Fsp3) is 0.286. The van der Waals surface area contributed by atoms with Gasteiger partial charge in [0.2, 0.25) is 0 Å². The number of hydrogen-bond acceptors (Lipinski definition) is 2. The van der Waals surface area contributed by atoms with Crippen LogP contribution in [0.25, 0.3) is 0 Å².